The number of aliphatic hydroxyl groups is 1. The number of hydrogen-bond acceptors (Lipinski definition) is 8. The van der Waals surface area contributed by atoms with Crippen LogP contribution in [0.1, 0.15) is 108 Å². The molecular formula is C46H72BBr2Cl2F2N4O6S. The SMILES string of the molecule is C.C.C.C.C=C(C)c1ccc(N(C)C(C)=O)cc1C.CC(=O)N(C)c1ccc(C(=O)CBr)c(C)c1.CC(=O)N(C)c1ccc(C(F)(F)CBr)c(C)c1.ClCCl.OC1CCCO1.[B]=NS. The number of anilines is 3. The van der Waals surface area contributed by atoms with Gasteiger partial charge in [-0.15, -0.1) is 23.2 Å². The number of thiol groups is 1. The molecule has 18 heteroatoms. The molecule has 64 heavy (non-hydrogen) atoms. The summed E-state index contributed by atoms with van der Waals surface area (Å²) in [5.41, 5.74) is 7.71. The molecule has 1 saturated heterocycles. The minimum absolute atomic E-state index is 0. The second-order valence-electron chi connectivity index (χ2n) is 13.1. The predicted octanol–water partition coefficient (Wildman–Crippen LogP) is 13.3. The van der Waals surface area contributed by atoms with Crippen molar-refractivity contribution < 1.29 is 37.8 Å². The number of hydrogen-bond donors (Lipinski definition) is 2. The van der Waals surface area contributed by atoms with Crippen molar-refractivity contribution in [1.82, 2.24) is 0 Å². The monoisotopic (exact) mass is 1090 g/mol. The molecule has 0 spiro atoms. The van der Waals surface area contributed by atoms with Gasteiger partial charge in [-0.05, 0) is 98.8 Å². The van der Waals surface area contributed by atoms with Gasteiger partial charge in [0.1, 0.15) is 0 Å². The van der Waals surface area contributed by atoms with Crippen molar-refractivity contribution in [3.05, 3.63) is 94.6 Å². The second-order valence-corrected chi connectivity index (χ2v) is 15.3. The number of amides is 3. The predicted molar refractivity (Wildman–Crippen MR) is 283 cm³/mol. The Labute approximate surface area is 417 Å². The van der Waals surface area contributed by atoms with Crippen LogP contribution in [0.3, 0.4) is 0 Å². The number of carbonyl (C=O) groups excluding carboxylic acids is 4. The van der Waals surface area contributed by atoms with Crippen LogP contribution in [0.4, 0.5) is 25.8 Å². The van der Waals surface area contributed by atoms with Crippen LogP contribution in [0.5, 0.6) is 0 Å². The minimum atomic E-state index is -2.89. The van der Waals surface area contributed by atoms with Gasteiger partial charge in [0.25, 0.3) is 5.92 Å². The summed E-state index contributed by atoms with van der Waals surface area (Å²) in [5.74, 6) is -2.97. The van der Waals surface area contributed by atoms with Gasteiger partial charge in [-0.2, -0.15) is 0 Å². The van der Waals surface area contributed by atoms with Crippen LogP contribution in [-0.2, 0) is 25.0 Å². The van der Waals surface area contributed by atoms with Gasteiger partial charge in [0.05, 0.1) is 16.0 Å². The zero-order valence-corrected chi connectivity index (χ0v) is 41.4. The number of rotatable bonds is 8. The van der Waals surface area contributed by atoms with E-state index < -0.39 is 17.5 Å². The molecule has 3 aromatic carbocycles. The topological polar surface area (TPSA) is 120 Å². The standard InChI is InChI=1S/C13H17NO.C12H14BrF2NO.C12H14BrNO2.C4H8O2.CH2Cl2.4CH4.BHNS/c1-9(2)13-7-6-12(8-10(13)3)14(5)11(4)15;1-8-6-10(16(3)9(2)17)4-5-11(8)12(14,15)7-13;1-8-6-10(14(3)9(2)15)4-5-11(8)12(16)7-13;5-4-2-1-3-6-4;2-1-3;;;;;1-2-3/h6-8H,1H2,2-5H3;4-6H,7H2,1-3H3;4-6H,7H2,1-3H3;4-5H,1-3H2;1H2;4*1H4;3H. The van der Waals surface area contributed by atoms with Crippen molar-refractivity contribution >= 4 is 122 Å². The Bertz CT molecular complexity index is 1880. The van der Waals surface area contributed by atoms with Gasteiger partial charge in [-0.25, -0.2) is 8.78 Å². The summed E-state index contributed by atoms with van der Waals surface area (Å²) in [6.45, 7) is 16.6. The summed E-state index contributed by atoms with van der Waals surface area (Å²) in [6.07, 6.45) is 1.38. The molecule has 0 bridgehead atoms. The zero-order valence-electron chi connectivity index (χ0n) is 35.8. The molecule has 3 amide bonds. The maximum atomic E-state index is 13.5. The molecule has 1 radical (unpaired) electrons. The molecule has 1 N–H and O–H groups in total. The fourth-order valence-corrected chi connectivity index (χ4v) is 5.63. The number of ketones is 1. The van der Waals surface area contributed by atoms with E-state index >= 15 is 0 Å². The molecule has 0 saturated carbocycles. The van der Waals surface area contributed by atoms with Crippen molar-refractivity contribution in [2.24, 2.45) is 4.30 Å². The van der Waals surface area contributed by atoms with Crippen molar-refractivity contribution in [3.8, 4) is 0 Å². The molecular weight excluding hydrogens is 1020 g/mol. The first-order chi connectivity index (χ1) is 27.9. The Morgan fingerprint density at radius 1 is 0.797 bits per heavy atom. The molecule has 1 aliphatic heterocycles. The van der Waals surface area contributed by atoms with E-state index in [1.165, 1.54) is 30.9 Å². The van der Waals surface area contributed by atoms with Crippen molar-refractivity contribution in [2.45, 2.75) is 103 Å². The Morgan fingerprint density at radius 3 is 1.38 bits per heavy atom. The molecule has 3 aromatic rings. The third-order valence-electron chi connectivity index (χ3n) is 8.56. The van der Waals surface area contributed by atoms with E-state index in [0.717, 1.165) is 53.1 Å². The number of ether oxygens (including phenoxy) is 1. The van der Waals surface area contributed by atoms with Crippen LogP contribution in [0.15, 0.2) is 65.5 Å². The van der Waals surface area contributed by atoms with Crippen molar-refractivity contribution in [2.75, 3.05) is 58.4 Å². The molecule has 0 aromatic heterocycles. The first-order valence-electron chi connectivity index (χ1n) is 18.1. The molecule has 1 aliphatic rings. The van der Waals surface area contributed by atoms with Gasteiger partial charge in [-0.3, -0.25) is 19.2 Å². The first kappa shape index (κ1) is 72.6. The summed E-state index contributed by atoms with van der Waals surface area (Å²) in [7, 11) is 9.43. The Hall–Kier alpha value is -2.99. The number of allylic oxidation sites excluding steroid dienone is 1. The van der Waals surface area contributed by atoms with E-state index in [1.54, 1.807) is 63.0 Å². The number of Topliss-reactive ketones (excluding diaryl/α,β-unsaturated/α-hetero) is 1. The van der Waals surface area contributed by atoms with Crippen LogP contribution >= 0.6 is 67.9 Å². The molecule has 363 valence electrons. The first-order valence-corrected chi connectivity index (χ1v) is 21.8. The van der Waals surface area contributed by atoms with Crippen molar-refractivity contribution in [1.29, 1.82) is 0 Å². The Kier molecular flexibility index (Phi) is 43.3. The second kappa shape index (κ2) is 38.2. The third kappa shape index (κ3) is 26.8. The van der Waals surface area contributed by atoms with Gasteiger partial charge < -0.3 is 24.5 Å². The quantitative estimate of drug-likeness (QED) is 0.100. The number of benzene rings is 3. The average Bonchev–Trinajstić information content (AvgIpc) is 3.68. The van der Waals surface area contributed by atoms with Crippen LogP contribution < -0.4 is 14.7 Å². The summed E-state index contributed by atoms with van der Waals surface area (Å²) >= 11 is 18.7. The van der Waals surface area contributed by atoms with Crippen LogP contribution in [-0.4, -0.2) is 86.3 Å². The number of carbonyl (C=O) groups is 4. The van der Waals surface area contributed by atoms with Crippen molar-refractivity contribution in [3.63, 3.8) is 0 Å². The average molecular weight is 1090 g/mol. The van der Waals surface area contributed by atoms with E-state index in [0.29, 0.717) is 22.1 Å². The Morgan fingerprint density at radius 2 is 1.14 bits per heavy atom. The van der Waals surface area contributed by atoms with Crippen LogP contribution in [0, 0.1) is 20.8 Å². The normalized spacial score (nSPS) is 11.5. The summed E-state index contributed by atoms with van der Waals surface area (Å²) in [6, 6.07) is 15.8. The van der Waals surface area contributed by atoms with Gasteiger partial charge >= 0.3 is 24.8 Å². The van der Waals surface area contributed by atoms with E-state index in [9.17, 15) is 28.0 Å². The Balaban J connectivity index is -0.000000170. The van der Waals surface area contributed by atoms with Gasteiger partial charge in [-0.1, -0.05) is 85.9 Å². The van der Waals surface area contributed by atoms with E-state index in [1.807, 2.05) is 45.0 Å². The summed E-state index contributed by atoms with van der Waals surface area (Å²) < 4.78 is 34.4. The maximum absolute atomic E-state index is 13.5. The molecule has 4 rings (SSSR count). The molecule has 0 aliphatic carbocycles. The molecule has 10 nitrogen and oxygen atoms in total. The van der Waals surface area contributed by atoms with Crippen LogP contribution in [0.25, 0.3) is 5.57 Å². The third-order valence-corrected chi connectivity index (χ3v) is 9.77. The van der Waals surface area contributed by atoms with E-state index in [2.05, 4.69) is 63.2 Å². The molecule has 1 heterocycles. The van der Waals surface area contributed by atoms with Gasteiger partial charge in [0.2, 0.25) is 17.7 Å². The summed E-state index contributed by atoms with van der Waals surface area (Å²) in [4.78, 5) is 49.7. The number of alkyl halides is 6. The van der Waals surface area contributed by atoms with Gasteiger partial charge in [0, 0.05) is 83.1 Å². The number of nitrogens with zero attached hydrogens (tertiary/aromatic N) is 4. The number of aliphatic hydroxyl groups excluding tert-OH is 1. The fraction of sp³-hybridized carbons (Fsp3) is 0.478. The number of halogens is 6. The molecule has 1 fully saturated rings. The van der Waals surface area contributed by atoms with Gasteiger partial charge in [0.15, 0.2) is 12.1 Å². The molecule has 1 atom stereocenters. The number of aryl methyl sites for hydroxylation is 3. The fourth-order valence-electron chi connectivity index (χ4n) is 5.02. The summed E-state index contributed by atoms with van der Waals surface area (Å²) in [5, 5.41) is 8.60. The van der Waals surface area contributed by atoms with E-state index in [-0.39, 0.29) is 64.1 Å². The van der Waals surface area contributed by atoms with E-state index in [4.69, 9.17) is 33.0 Å². The zero-order chi connectivity index (χ0) is 46.9. The van der Waals surface area contributed by atoms with Crippen LogP contribution in [0.2, 0.25) is 0 Å². The molecule has 1 unspecified atom stereocenters.